The largest absolute Gasteiger partial charge is 0.611 e. The van der Waals surface area contributed by atoms with Crippen LogP contribution in [0.1, 0.15) is 42.9 Å². The molecule has 2 aromatic heterocycles. The van der Waals surface area contributed by atoms with Gasteiger partial charge in [-0.1, -0.05) is 18.2 Å². The molecule has 4 heterocycles. The van der Waals surface area contributed by atoms with Crippen molar-refractivity contribution in [3.05, 3.63) is 41.7 Å². The van der Waals surface area contributed by atoms with Crippen LogP contribution < -0.4 is 10.2 Å². The Morgan fingerprint density at radius 3 is 2.81 bits per heavy atom. The van der Waals surface area contributed by atoms with Crippen LogP contribution in [0.25, 0.3) is 10.9 Å². The molecule has 6 rings (SSSR count). The van der Waals surface area contributed by atoms with Gasteiger partial charge in [0.15, 0.2) is 5.82 Å². The average Bonchev–Trinajstić information content (AvgIpc) is 3.28. The fourth-order valence-electron chi connectivity index (χ4n) is 4.96. The van der Waals surface area contributed by atoms with E-state index < -0.39 is 11.2 Å². The van der Waals surface area contributed by atoms with Crippen LogP contribution in [0.4, 0.5) is 11.8 Å². The molecule has 1 saturated heterocycles. The quantitative estimate of drug-likeness (QED) is 0.531. The number of hydrogen-bond acceptors (Lipinski definition) is 6. The first-order valence-electron chi connectivity index (χ1n) is 11.2. The summed E-state index contributed by atoms with van der Waals surface area (Å²) in [5.74, 6) is 2.53. The van der Waals surface area contributed by atoms with Crippen LogP contribution in [-0.2, 0) is 17.6 Å². The number of aliphatic hydroxyl groups excluding tert-OH is 1. The summed E-state index contributed by atoms with van der Waals surface area (Å²) in [5, 5.41) is 14.5. The predicted octanol–water partition coefficient (Wildman–Crippen LogP) is 2.94. The highest BCUT2D eigenvalue weighted by molar-refractivity contribution is 7.91. The van der Waals surface area contributed by atoms with Gasteiger partial charge >= 0.3 is 0 Å². The van der Waals surface area contributed by atoms with E-state index in [0.29, 0.717) is 17.5 Å². The van der Waals surface area contributed by atoms with Crippen LogP contribution >= 0.6 is 0 Å². The maximum absolute atomic E-state index is 12.6. The highest BCUT2D eigenvalue weighted by atomic mass is 32.2. The summed E-state index contributed by atoms with van der Waals surface area (Å²) in [6.07, 6.45) is 6.83. The number of aliphatic hydroxyl groups is 1. The zero-order valence-corrected chi connectivity index (χ0v) is 18.2. The summed E-state index contributed by atoms with van der Waals surface area (Å²) in [6, 6.07) is 8.50. The molecule has 3 aliphatic rings. The molecule has 2 fully saturated rings. The third-order valence-electron chi connectivity index (χ3n) is 7.05. The molecule has 1 unspecified atom stereocenters. The molecule has 8 heteroatoms. The number of H-pyrrole nitrogens is 1. The highest BCUT2D eigenvalue weighted by Crippen LogP contribution is 2.42. The lowest BCUT2D eigenvalue weighted by Gasteiger charge is -2.32. The van der Waals surface area contributed by atoms with E-state index >= 15 is 0 Å². The zero-order chi connectivity index (χ0) is 21.0. The first kappa shape index (κ1) is 19.4. The van der Waals surface area contributed by atoms with Crippen LogP contribution in [0.5, 0.6) is 0 Å². The van der Waals surface area contributed by atoms with Gasteiger partial charge < -0.3 is 24.9 Å². The molecule has 1 aromatic carbocycles. The lowest BCUT2D eigenvalue weighted by Crippen LogP contribution is -2.35. The number of hydrogen-bond donors (Lipinski definition) is 3. The Morgan fingerprint density at radius 2 is 2.03 bits per heavy atom. The molecule has 1 saturated carbocycles. The number of aromatic nitrogens is 3. The van der Waals surface area contributed by atoms with E-state index in [2.05, 4.69) is 45.7 Å². The first-order chi connectivity index (χ1) is 15.2. The third kappa shape index (κ3) is 3.37. The molecule has 2 aliphatic heterocycles. The number of piperidine rings is 1. The predicted molar refractivity (Wildman–Crippen MR) is 122 cm³/mol. The van der Waals surface area contributed by atoms with Gasteiger partial charge in [0.2, 0.25) is 10.8 Å². The summed E-state index contributed by atoms with van der Waals surface area (Å²) >= 11 is -1.06. The maximum atomic E-state index is 12.6. The smallest absolute Gasteiger partial charge is 0.227 e. The number of benzene rings is 1. The summed E-state index contributed by atoms with van der Waals surface area (Å²) < 4.78 is 12.6. The second-order valence-corrected chi connectivity index (χ2v) is 10.6. The Bertz CT molecular complexity index is 1120. The fraction of sp³-hybridized carbons (Fsp3) is 0.478. The molecule has 1 atom stereocenters. The fourth-order valence-corrected chi connectivity index (χ4v) is 6.26. The molecule has 31 heavy (non-hydrogen) atoms. The second kappa shape index (κ2) is 7.39. The Balaban J connectivity index is 1.24. The van der Waals surface area contributed by atoms with Gasteiger partial charge in [0, 0.05) is 36.6 Å². The monoisotopic (exact) mass is 437 g/mol. The normalized spacial score (nSPS) is 22.6. The summed E-state index contributed by atoms with van der Waals surface area (Å²) in [7, 11) is 0. The highest BCUT2D eigenvalue weighted by Gasteiger charge is 2.45. The van der Waals surface area contributed by atoms with Gasteiger partial charge in [0.1, 0.15) is 11.4 Å². The van der Waals surface area contributed by atoms with Gasteiger partial charge in [-0.2, -0.15) is 4.98 Å². The standard InChI is InChI=1S/C23H27N5O2S/c29-14-23(8-9-23)27-21-20-19(7-12-31(20)30)25-22(26-21)28-10-5-15(6-11-28)17-13-24-18-4-2-1-3-16(17)18/h1-4,13,15,24,29H,5-12,14H2,(H,25,26,27). The van der Waals surface area contributed by atoms with E-state index in [-0.39, 0.29) is 12.1 Å². The molecule has 1 aliphatic carbocycles. The van der Waals surface area contributed by atoms with Crippen molar-refractivity contribution in [3.8, 4) is 0 Å². The molecule has 0 amide bonds. The lowest BCUT2D eigenvalue weighted by molar-refractivity contribution is 0.265. The minimum Gasteiger partial charge on any atom is -0.611 e. The van der Waals surface area contributed by atoms with Gasteiger partial charge in [-0.05, 0) is 54.4 Å². The SMILES string of the molecule is [O-][S+]1CCc2nc(N3CCC(c4c[nH]c5ccccc45)CC3)nc(NC3(CO)CC3)c21. The molecule has 162 valence electrons. The Kier molecular flexibility index (Phi) is 4.63. The van der Waals surface area contributed by atoms with Crippen LogP contribution in [0.2, 0.25) is 0 Å². The Morgan fingerprint density at radius 1 is 1.23 bits per heavy atom. The number of nitrogens with one attached hydrogen (secondary N) is 2. The summed E-state index contributed by atoms with van der Waals surface area (Å²) in [4.78, 5) is 16.1. The van der Waals surface area contributed by atoms with Crippen molar-refractivity contribution in [3.63, 3.8) is 0 Å². The number of fused-ring (bicyclic) bond motifs is 2. The summed E-state index contributed by atoms with van der Waals surface area (Å²) in [6.45, 7) is 1.87. The Hall–Kier alpha value is -2.29. The molecule has 0 radical (unpaired) electrons. The van der Waals surface area contributed by atoms with Crippen molar-refractivity contribution in [2.45, 2.75) is 48.5 Å². The van der Waals surface area contributed by atoms with E-state index in [1.807, 2.05) is 0 Å². The van der Waals surface area contributed by atoms with Crippen molar-refractivity contribution < 1.29 is 9.66 Å². The second-order valence-electron chi connectivity index (χ2n) is 9.06. The van der Waals surface area contributed by atoms with E-state index in [1.165, 1.54) is 16.5 Å². The molecule has 0 bridgehead atoms. The molecular formula is C23H27N5O2S. The van der Waals surface area contributed by atoms with Crippen molar-refractivity contribution >= 4 is 33.8 Å². The maximum Gasteiger partial charge on any atom is 0.227 e. The lowest BCUT2D eigenvalue weighted by atomic mass is 9.89. The van der Waals surface area contributed by atoms with Crippen LogP contribution in [-0.4, -0.2) is 55.6 Å². The summed E-state index contributed by atoms with van der Waals surface area (Å²) in [5.41, 5.74) is 3.21. The van der Waals surface area contributed by atoms with Crippen molar-refractivity contribution in [1.82, 2.24) is 15.0 Å². The van der Waals surface area contributed by atoms with E-state index in [0.717, 1.165) is 61.7 Å². The minimum atomic E-state index is -1.06. The van der Waals surface area contributed by atoms with Crippen LogP contribution in [0.15, 0.2) is 35.4 Å². The molecular weight excluding hydrogens is 410 g/mol. The van der Waals surface area contributed by atoms with Crippen LogP contribution in [0.3, 0.4) is 0 Å². The number of para-hydroxylation sites is 1. The molecule has 3 aromatic rings. The molecule has 7 nitrogen and oxygen atoms in total. The van der Waals surface area contributed by atoms with E-state index in [4.69, 9.17) is 9.97 Å². The van der Waals surface area contributed by atoms with Crippen molar-refractivity contribution in [2.24, 2.45) is 0 Å². The molecule has 0 spiro atoms. The number of rotatable bonds is 5. The number of nitrogens with zero attached hydrogens (tertiary/aromatic N) is 3. The minimum absolute atomic E-state index is 0.0732. The van der Waals surface area contributed by atoms with Crippen LogP contribution in [0, 0.1) is 0 Å². The number of aryl methyl sites for hydroxylation is 1. The molecule has 3 N–H and O–H groups in total. The number of anilines is 2. The topological polar surface area (TPSA) is 100 Å². The van der Waals surface area contributed by atoms with E-state index in [1.54, 1.807) is 0 Å². The van der Waals surface area contributed by atoms with Crippen molar-refractivity contribution in [1.29, 1.82) is 0 Å². The van der Waals surface area contributed by atoms with Crippen molar-refractivity contribution in [2.75, 3.05) is 35.7 Å². The third-order valence-corrected chi connectivity index (χ3v) is 8.51. The zero-order valence-electron chi connectivity index (χ0n) is 17.4. The van der Waals surface area contributed by atoms with Gasteiger partial charge in [-0.3, -0.25) is 0 Å². The first-order valence-corrected chi connectivity index (χ1v) is 12.5. The van der Waals surface area contributed by atoms with Gasteiger partial charge in [-0.15, -0.1) is 0 Å². The van der Waals surface area contributed by atoms with E-state index in [9.17, 15) is 9.66 Å². The van der Waals surface area contributed by atoms with Gasteiger partial charge in [0.25, 0.3) is 0 Å². The van der Waals surface area contributed by atoms with Gasteiger partial charge in [0.05, 0.1) is 12.1 Å². The number of aromatic amines is 1. The average molecular weight is 438 g/mol. The Labute approximate surface area is 184 Å². The van der Waals surface area contributed by atoms with Gasteiger partial charge in [-0.25, -0.2) is 4.98 Å².